The van der Waals surface area contributed by atoms with Crippen molar-refractivity contribution in [3.8, 4) is 0 Å². The first-order chi connectivity index (χ1) is 16.8. The zero-order chi connectivity index (χ0) is 25.1. The largest absolute Gasteiger partial charge is 0.507 e. The number of carbonyl (C=O) groups is 3. The van der Waals surface area contributed by atoms with E-state index in [4.69, 9.17) is 4.74 Å². The van der Waals surface area contributed by atoms with Gasteiger partial charge in [0.25, 0.3) is 17.4 Å². The third-order valence-electron chi connectivity index (χ3n) is 5.55. The van der Waals surface area contributed by atoms with Gasteiger partial charge in [0.1, 0.15) is 5.76 Å². The molecule has 3 aromatic rings. The van der Waals surface area contributed by atoms with Crippen LogP contribution in [0.4, 0.5) is 11.4 Å². The quantitative estimate of drug-likeness (QED) is 0.141. The number of anilines is 1. The van der Waals surface area contributed by atoms with Crippen LogP contribution in [0.15, 0.2) is 84.4 Å². The number of nitro benzene ring substituents is 1. The highest BCUT2D eigenvalue weighted by molar-refractivity contribution is 6.51. The van der Waals surface area contributed by atoms with Crippen LogP contribution in [0.2, 0.25) is 0 Å². The molecule has 1 aliphatic rings. The Morgan fingerprint density at radius 1 is 1.00 bits per heavy atom. The van der Waals surface area contributed by atoms with Crippen LogP contribution in [-0.4, -0.2) is 34.3 Å². The van der Waals surface area contributed by atoms with Crippen molar-refractivity contribution in [2.45, 2.75) is 13.0 Å². The molecule has 9 nitrogen and oxygen atoms in total. The van der Waals surface area contributed by atoms with Crippen LogP contribution in [0.25, 0.3) is 5.76 Å². The van der Waals surface area contributed by atoms with Gasteiger partial charge in [-0.2, -0.15) is 0 Å². The van der Waals surface area contributed by atoms with Crippen LogP contribution in [-0.2, 0) is 14.3 Å². The van der Waals surface area contributed by atoms with Gasteiger partial charge in [0.05, 0.1) is 28.7 Å². The van der Waals surface area contributed by atoms with Crippen molar-refractivity contribution in [3.63, 3.8) is 0 Å². The van der Waals surface area contributed by atoms with E-state index in [2.05, 4.69) is 0 Å². The van der Waals surface area contributed by atoms with Crippen molar-refractivity contribution >= 4 is 34.8 Å². The van der Waals surface area contributed by atoms with Gasteiger partial charge in [-0.1, -0.05) is 42.5 Å². The van der Waals surface area contributed by atoms with Crippen molar-refractivity contribution in [1.82, 2.24) is 0 Å². The molecule has 3 aromatic carbocycles. The Morgan fingerprint density at radius 2 is 1.69 bits per heavy atom. The Hall–Kier alpha value is -4.79. The number of ketones is 1. The summed E-state index contributed by atoms with van der Waals surface area (Å²) in [6.45, 7) is 1.87. The summed E-state index contributed by atoms with van der Waals surface area (Å²) >= 11 is 0. The van der Waals surface area contributed by atoms with Crippen LogP contribution in [0.3, 0.4) is 0 Å². The van der Waals surface area contributed by atoms with E-state index < -0.39 is 34.4 Å². The van der Waals surface area contributed by atoms with E-state index in [1.54, 1.807) is 43.3 Å². The minimum atomic E-state index is -1.14. The molecule has 1 atom stereocenters. The van der Waals surface area contributed by atoms with Gasteiger partial charge in [-0.05, 0) is 36.8 Å². The lowest BCUT2D eigenvalue weighted by Gasteiger charge is -2.25. The summed E-state index contributed by atoms with van der Waals surface area (Å²) in [5.74, 6) is -2.79. The number of aliphatic hydroxyl groups is 1. The van der Waals surface area contributed by atoms with Crippen LogP contribution in [0.5, 0.6) is 0 Å². The van der Waals surface area contributed by atoms with Gasteiger partial charge >= 0.3 is 5.97 Å². The van der Waals surface area contributed by atoms with Crippen LogP contribution < -0.4 is 4.90 Å². The molecular weight excluding hydrogens is 452 g/mol. The topological polar surface area (TPSA) is 127 Å². The lowest BCUT2D eigenvalue weighted by molar-refractivity contribution is -0.384. The van der Waals surface area contributed by atoms with Gasteiger partial charge in [0.2, 0.25) is 0 Å². The number of esters is 1. The molecule has 176 valence electrons. The fourth-order valence-electron chi connectivity index (χ4n) is 3.95. The van der Waals surface area contributed by atoms with E-state index in [1.165, 1.54) is 42.5 Å². The lowest BCUT2D eigenvalue weighted by Crippen LogP contribution is -2.29. The van der Waals surface area contributed by atoms with Crippen molar-refractivity contribution < 1.29 is 29.2 Å². The summed E-state index contributed by atoms with van der Waals surface area (Å²) in [4.78, 5) is 50.3. The zero-order valence-corrected chi connectivity index (χ0v) is 18.6. The first kappa shape index (κ1) is 23.4. The molecule has 0 spiro atoms. The molecule has 0 bridgehead atoms. The minimum absolute atomic E-state index is 0.196. The maximum atomic E-state index is 13.2. The van der Waals surface area contributed by atoms with E-state index in [1.807, 2.05) is 0 Å². The van der Waals surface area contributed by atoms with Crippen molar-refractivity contribution in [2.75, 3.05) is 11.5 Å². The van der Waals surface area contributed by atoms with Crippen molar-refractivity contribution in [1.29, 1.82) is 0 Å². The highest BCUT2D eigenvalue weighted by atomic mass is 16.6. The third kappa shape index (κ3) is 4.39. The molecule has 1 heterocycles. The molecule has 0 radical (unpaired) electrons. The van der Waals surface area contributed by atoms with Crippen molar-refractivity contribution in [2.24, 2.45) is 0 Å². The molecule has 0 saturated carbocycles. The van der Waals surface area contributed by atoms with Gasteiger partial charge in [0, 0.05) is 23.4 Å². The highest BCUT2D eigenvalue weighted by Crippen LogP contribution is 2.42. The zero-order valence-electron chi connectivity index (χ0n) is 18.6. The first-order valence-corrected chi connectivity index (χ1v) is 10.7. The standard InChI is InChI=1S/C26H20N2O7/c1-2-35-26(32)17-11-13-19(14-12-17)27-22(18-9-6-10-20(15-18)28(33)34)21(24(30)25(27)31)23(29)16-7-4-3-5-8-16/h3-15,22,29H,2H2,1H3/b23-21-. The minimum Gasteiger partial charge on any atom is -0.507 e. The van der Waals surface area contributed by atoms with E-state index in [0.717, 1.165) is 4.90 Å². The van der Waals surface area contributed by atoms with E-state index in [9.17, 15) is 29.6 Å². The second-order valence-electron chi connectivity index (χ2n) is 7.65. The van der Waals surface area contributed by atoms with Gasteiger partial charge in [-0.25, -0.2) is 4.79 Å². The summed E-state index contributed by atoms with van der Waals surface area (Å²) < 4.78 is 4.98. The van der Waals surface area contributed by atoms with Crippen LogP contribution >= 0.6 is 0 Å². The summed E-state index contributed by atoms with van der Waals surface area (Å²) in [5, 5.41) is 22.4. The number of hydrogen-bond donors (Lipinski definition) is 1. The number of Topliss-reactive ketones (excluding diaryl/α,β-unsaturated/α-hetero) is 1. The average molecular weight is 472 g/mol. The maximum absolute atomic E-state index is 13.2. The summed E-state index contributed by atoms with van der Waals surface area (Å²) in [7, 11) is 0. The second-order valence-corrected chi connectivity index (χ2v) is 7.65. The molecule has 1 N–H and O–H groups in total. The number of aliphatic hydroxyl groups excluding tert-OH is 1. The Balaban J connectivity index is 1.89. The number of rotatable bonds is 6. The number of carbonyl (C=O) groups excluding carboxylic acids is 3. The smallest absolute Gasteiger partial charge is 0.338 e. The summed E-state index contributed by atoms with van der Waals surface area (Å²) in [5.41, 5.74) is 0.678. The molecule has 9 heteroatoms. The predicted molar refractivity (Wildman–Crippen MR) is 127 cm³/mol. The highest BCUT2D eigenvalue weighted by Gasteiger charge is 2.47. The summed E-state index contributed by atoms with van der Waals surface area (Å²) in [6, 6.07) is 18.5. The molecule has 0 aliphatic carbocycles. The van der Waals surface area contributed by atoms with Gasteiger partial charge in [-0.3, -0.25) is 24.6 Å². The number of amides is 1. The fraction of sp³-hybridized carbons (Fsp3) is 0.115. The summed E-state index contributed by atoms with van der Waals surface area (Å²) in [6.07, 6.45) is 0. The van der Waals surface area contributed by atoms with Crippen LogP contribution in [0.1, 0.15) is 34.5 Å². The maximum Gasteiger partial charge on any atom is 0.338 e. The Labute approximate surface area is 200 Å². The van der Waals surface area contributed by atoms with Crippen molar-refractivity contribution in [3.05, 3.63) is 111 Å². The van der Waals surface area contributed by atoms with E-state index >= 15 is 0 Å². The van der Waals surface area contributed by atoms with Gasteiger partial charge in [0.15, 0.2) is 0 Å². The van der Waals surface area contributed by atoms with E-state index in [-0.39, 0.29) is 34.7 Å². The molecule has 1 aliphatic heterocycles. The number of benzene rings is 3. The average Bonchev–Trinajstić information content (AvgIpc) is 3.14. The molecule has 0 aromatic heterocycles. The SMILES string of the molecule is CCOC(=O)c1ccc(N2C(=O)C(=O)/C(=C(\O)c3ccccc3)C2c2cccc([N+](=O)[O-])c2)cc1. The van der Waals surface area contributed by atoms with Gasteiger partial charge < -0.3 is 9.84 Å². The third-order valence-corrected chi connectivity index (χ3v) is 5.55. The Bertz CT molecular complexity index is 1350. The molecule has 35 heavy (non-hydrogen) atoms. The normalized spacial score (nSPS) is 16.8. The monoisotopic (exact) mass is 472 g/mol. The molecule has 4 rings (SSSR count). The molecule has 1 amide bonds. The van der Waals surface area contributed by atoms with E-state index in [0.29, 0.717) is 5.56 Å². The number of ether oxygens (including phenoxy) is 1. The Morgan fingerprint density at radius 3 is 2.31 bits per heavy atom. The second kappa shape index (κ2) is 9.60. The predicted octanol–water partition coefficient (Wildman–Crippen LogP) is 4.40. The molecular formula is C26H20N2O7. The number of non-ortho nitro benzene ring substituents is 1. The fourth-order valence-corrected chi connectivity index (χ4v) is 3.95. The van der Waals surface area contributed by atoms with Gasteiger partial charge in [-0.15, -0.1) is 0 Å². The number of nitro groups is 1. The Kier molecular flexibility index (Phi) is 6.41. The number of nitrogens with zero attached hydrogens (tertiary/aromatic N) is 2. The number of hydrogen-bond acceptors (Lipinski definition) is 7. The molecule has 1 unspecified atom stereocenters. The molecule has 1 saturated heterocycles. The molecule has 1 fully saturated rings. The first-order valence-electron chi connectivity index (χ1n) is 10.7. The van der Waals surface area contributed by atoms with Crippen LogP contribution in [0, 0.1) is 10.1 Å². The lowest BCUT2D eigenvalue weighted by atomic mass is 9.94.